The van der Waals surface area contributed by atoms with Crippen molar-refractivity contribution in [3.63, 3.8) is 0 Å². The van der Waals surface area contributed by atoms with Crippen LogP contribution >= 0.6 is 0 Å². The van der Waals surface area contributed by atoms with Crippen LogP contribution in [0.4, 0.5) is 5.82 Å². The fourth-order valence-electron chi connectivity index (χ4n) is 1.62. The van der Waals surface area contributed by atoms with Gasteiger partial charge in [0, 0.05) is 26.2 Å². The lowest BCUT2D eigenvalue weighted by molar-refractivity contribution is 0.340. The summed E-state index contributed by atoms with van der Waals surface area (Å²) in [5.41, 5.74) is 0. The van der Waals surface area contributed by atoms with Gasteiger partial charge in [0.15, 0.2) is 11.6 Å². The smallest absolute Gasteiger partial charge is 0.168 e. The van der Waals surface area contributed by atoms with Crippen LogP contribution < -0.4 is 10.1 Å². The van der Waals surface area contributed by atoms with Crippen LogP contribution in [-0.4, -0.2) is 32.9 Å². The number of anilines is 1. The molecule has 96 valence electrons. The van der Waals surface area contributed by atoms with Gasteiger partial charge in [0.1, 0.15) is 12.2 Å². The summed E-state index contributed by atoms with van der Waals surface area (Å²) in [6.07, 6.45) is 4.23. The molecule has 2 aromatic rings. The maximum atomic E-state index is 5.49. The van der Waals surface area contributed by atoms with Crippen LogP contribution in [0.1, 0.15) is 12.7 Å². The molecule has 18 heavy (non-hydrogen) atoms. The molecule has 0 unspecified atom stereocenters. The summed E-state index contributed by atoms with van der Waals surface area (Å²) in [6.45, 7) is 3.32. The SMILES string of the molecule is CCOc1cccnc1NCCc1nncn1C. The highest BCUT2D eigenvalue weighted by atomic mass is 16.5. The van der Waals surface area contributed by atoms with Gasteiger partial charge < -0.3 is 14.6 Å². The number of pyridine rings is 1. The number of rotatable bonds is 6. The number of hydrogen-bond acceptors (Lipinski definition) is 5. The average Bonchev–Trinajstić information content (AvgIpc) is 2.78. The number of aromatic nitrogens is 4. The van der Waals surface area contributed by atoms with Crippen molar-refractivity contribution in [3.8, 4) is 5.75 Å². The van der Waals surface area contributed by atoms with Crippen molar-refractivity contribution in [2.75, 3.05) is 18.5 Å². The van der Waals surface area contributed by atoms with E-state index in [4.69, 9.17) is 4.74 Å². The monoisotopic (exact) mass is 247 g/mol. The predicted molar refractivity (Wildman–Crippen MR) is 68.6 cm³/mol. The highest BCUT2D eigenvalue weighted by Gasteiger charge is 2.04. The molecule has 0 bridgehead atoms. The van der Waals surface area contributed by atoms with E-state index in [0.29, 0.717) is 6.61 Å². The first-order valence-corrected chi connectivity index (χ1v) is 5.95. The van der Waals surface area contributed by atoms with Gasteiger partial charge in [-0.25, -0.2) is 4.98 Å². The standard InChI is InChI=1S/C12H17N5O/c1-3-18-10-5-4-7-13-12(10)14-8-6-11-16-15-9-17(11)2/h4-5,7,9H,3,6,8H2,1-2H3,(H,13,14). The Morgan fingerprint density at radius 2 is 2.33 bits per heavy atom. The average molecular weight is 247 g/mol. The maximum absolute atomic E-state index is 5.49. The van der Waals surface area contributed by atoms with Crippen LogP contribution in [0.15, 0.2) is 24.7 Å². The molecule has 0 saturated heterocycles. The van der Waals surface area contributed by atoms with Crippen molar-refractivity contribution in [1.82, 2.24) is 19.7 Å². The minimum absolute atomic E-state index is 0.629. The second-order valence-electron chi connectivity index (χ2n) is 3.82. The first-order chi connectivity index (χ1) is 8.81. The van der Waals surface area contributed by atoms with Gasteiger partial charge in [-0.2, -0.15) is 0 Å². The van der Waals surface area contributed by atoms with Crippen LogP contribution in [0.25, 0.3) is 0 Å². The quantitative estimate of drug-likeness (QED) is 0.832. The fraction of sp³-hybridized carbons (Fsp3) is 0.417. The molecule has 6 heteroatoms. The zero-order valence-electron chi connectivity index (χ0n) is 10.6. The summed E-state index contributed by atoms with van der Waals surface area (Å²) in [6, 6.07) is 3.76. The lowest BCUT2D eigenvalue weighted by Gasteiger charge is -2.10. The van der Waals surface area contributed by atoms with E-state index in [1.54, 1.807) is 12.5 Å². The first-order valence-electron chi connectivity index (χ1n) is 5.95. The molecule has 2 rings (SSSR count). The summed E-state index contributed by atoms with van der Waals surface area (Å²) < 4.78 is 7.40. The largest absolute Gasteiger partial charge is 0.490 e. The summed E-state index contributed by atoms with van der Waals surface area (Å²) in [5.74, 6) is 2.48. The second-order valence-corrected chi connectivity index (χ2v) is 3.82. The lowest BCUT2D eigenvalue weighted by Crippen LogP contribution is -2.10. The minimum atomic E-state index is 0.629. The van der Waals surface area contributed by atoms with Crippen molar-refractivity contribution in [3.05, 3.63) is 30.5 Å². The van der Waals surface area contributed by atoms with Crippen molar-refractivity contribution in [2.45, 2.75) is 13.3 Å². The summed E-state index contributed by atoms with van der Waals surface area (Å²) in [4.78, 5) is 4.26. The van der Waals surface area contributed by atoms with Crippen LogP contribution in [-0.2, 0) is 13.5 Å². The third-order valence-corrected chi connectivity index (χ3v) is 2.52. The minimum Gasteiger partial charge on any atom is -0.490 e. The van der Waals surface area contributed by atoms with E-state index in [1.165, 1.54) is 0 Å². The van der Waals surface area contributed by atoms with Crippen LogP contribution in [0, 0.1) is 0 Å². The highest BCUT2D eigenvalue weighted by molar-refractivity contribution is 5.49. The van der Waals surface area contributed by atoms with E-state index in [-0.39, 0.29) is 0 Å². The normalized spacial score (nSPS) is 10.3. The Morgan fingerprint density at radius 1 is 1.44 bits per heavy atom. The van der Waals surface area contributed by atoms with Gasteiger partial charge in [0.05, 0.1) is 6.61 Å². The van der Waals surface area contributed by atoms with Crippen molar-refractivity contribution in [1.29, 1.82) is 0 Å². The number of nitrogens with one attached hydrogen (secondary N) is 1. The number of ether oxygens (including phenoxy) is 1. The van der Waals surface area contributed by atoms with Crippen molar-refractivity contribution < 1.29 is 4.74 Å². The molecule has 1 N–H and O–H groups in total. The summed E-state index contributed by atoms with van der Waals surface area (Å²) in [5, 5.41) is 11.1. The topological polar surface area (TPSA) is 64.9 Å². The Kier molecular flexibility index (Phi) is 4.11. The molecule has 0 atom stereocenters. The van der Waals surface area contributed by atoms with Crippen LogP contribution in [0.5, 0.6) is 5.75 Å². The second kappa shape index (κ2) is 6.00. The Bertz CT molecular complexity index is 497. The van der Waals surface area contributed by atoms with Gasteiger partial charge in [-0.3, -0.25) is 0 Å². The Morgan fingerprint density at radius 3 is 3.06 bits per heavy atom. The fourth-order valence-corrected chi connectivity index (χ4v) is 1.62. The molecular formula is C12H17N5O. The Hall–Kier alpha value is -2.11. The van der Waals surface area contributed by atoms with E-state index in [2.05, 4.69) is 20.5 Å². The summed E-state index contributed by atoms with van der Waals surface area (Å²) >= 11 is 0. The molecule has 0 aliphatic rings. The van der Waals surface area contributed by atoms with Crippen LogP contribution in [0.3, 0.4) is 0 Å². The summed E-state index contributed by atoms with van der Waals surface area (Å²) in [7, 11) is 1.93. The molecule has 0 fully saturated rings. The van der Waals surface area contributed by atoms with E-state index < -0.39 is 0 Å². The molecular weight excluding hydrogens is 230 g/mol. The van der Waals surface area contributed by atoms with E-state index in [9.17, 15) is 0 Å². The Balaban J connectivity index is 1.92. The highest BCUT2D eigenvalue weighted by Crippen LogP contribution is 2.20. The van der Waals surface area contributed by atoms with Gasteiger partial charge in [-0.05, 0) is 19.1 Å². The number of hydrogen-bond donors (Lipinski definition) is 1. The van der Waals surface area contributed by atoms with E-state index in [1.807, 2.05) is 30.7 Å². The molecule has 2 aromatic heterocycles. The predicted octanol–water partition coefficient (Wildman–Crippen LogP) is 1.26. The maximum Gasteiger partial charge on any atom is 0.168 e. The van der Waals surface area contributed by atoms with E-state index in [0.717, 1.165) is 30.4 Å². The molecule has 0 spiro atoms. The molecule has 0 aliphatic heterocycles. The van der Waals surface area contributed by atoms with Gasteiger partial charge in [0.2, 0.25) is 0 Å². The van der Waals surface area contributed by atoms with Crippen LogP contribution in [0.2, 0.25) is 0 Å². The van der Waals surface area contributed by atoms with E-state index >= 15 is 0 Å². The molecule has 0 aliphatic carbocycles. The van der Waals surface area contributed by atoms with Gasteiger partial charge in [-0.1, -0.05) is 0 Å². The zero-order chi connectivity index (χ0) is 12.8. The number of aryl methyl sites for hydroxylation is 1. The van der Waals surface area contributed by atoms with Gasteiger partial charge in [-0.15, -0.1) is 10.2 Å². The zero-order valence-corrected chi connectivity index (χ0v) is 10.6. The van der Waals surface area contributed by atoms with Crippen molar-refractivity contribution >= 4 is 5.82 Å². The third kappa shape index (κ3) is 2.97. The molecule has 2 heterocycles. The first kappa shape index (κ1) is 12.3. The van der Waals surface area contributed by atoms with Gasteiger partial charge >= 0.3 is 0 Å². The number of nitrogens with zero attached hydrogens (tertiary/aromatic N) is 4. The lowest BCUT2D eigenvalue weighted by atomic mass is 10.3. The molecule has 0 amide bonds. The third-order valence-electron chi connectivity index (χ3n) is 2.52. The molecule has 0 aromatic carbocycles. The molecule has 0 radical (unpaired) electrons. The van der Waals surface area contributed by atoms with Crippen molar-refractivity contribution in [2.24, 2.45) is 7.05 Å². The molecule has 6 nitrogen and oxygen atoms in total. The Labute approximate surface area is 106 Å². The van der Waals surface area contributed by atoms with Gasteiger partial charge in [0.25, 0.3) is 0 Å². The molecule has 0 saturated carbocycles.